The average molecular weight is 646 g/mol. The summed E-state index contributed by atoms with van der Waals surface area (Å²) >= 11 is 1.68. The quantitative estimate of drug-likeness (QED) is 0.408. The van der Waals surface area contributed by atoms with E-state index < -0.39 is 42.0 Å². The summed E-state index contributed by atoms with van der Waals surface area (Å²) in [5.74, 6) is -2.24. The average Bonchev–Trinajstić information content (AvgIpc) is 3.82. The number of carbonyl (C=O) groups is 3. The maximum Gasteiger partial charge on any atom is 0.408 e. The number of aromatic nitrogens is 3. The molecular weight excluding hydrogens is 607 g/mol. The highest BCUT2D eigenvalue weighted by molar-refractivity contribution is 7.11. The third-order valence-corrected chi connectivity index (χ3v) is 10.4. The molecule has 2 aromatic heterocycles. The fourth-order valence-electron chi connectivity index (χ4n) is 7.12. The number of carbonyl (C=O) groups excluding carboxylic acids is 3. The normalized spacial score (nSPS) is 25.7. The molecule has 0 spiro atoms. The number of alkyl halides is 3. The number of benzene rings is 1. The van der Waals surface area contributed by atoms with Crippen molar-refractivity contribution < 1.29 is 27.6 Å². The summed E-state index contributed by atoms with van der Waals surface area (Å²) < 4.78 is 42.9. The second-order valence-electron chi connectivity index (χ2n) is 12.5. The van der Waals surface area contributed by atoms with Gasteiger partial charge in [-0.25, -0.2) is 4.68 Å². The fourth-order valence-corrected chi connectivity index (χ4v) is 8.13. The number of fused-ring (bicyclic) bond motifs is 1. The highest BCUT2D eigenvalue weighted by Gasteiger charge is 2.51. The first kappa shape index (κ1) is 31.5. The van der Waals surface area contributed by atoms with Gasteiger partial charge in [-0.3, -0.25) is 14.4 Å². The van der Waals surface area contributed by atoms with Gasteiger partial charge in [-0.1, -0.05) is 11.3 Å². The summed E-state index contributed by atoms with van der Waals surface area (Å²) in [6.07, 6.45) is -2.33. The van der Waals surface area contributed by atoms with E-state index in [1.165, 1.54) is 9.75 Å². The smallest absolute Gasteiger partial charge is 0.350 e. The largest absolute Gasteiger partial charge is 0.408 e. The van der Waals surface area contributed by atoms with Gasteiger partial charge in [-0.05, 0) is 87.7 Å². The Kier molecular flexibility index (Phi) is 8.88. The van der Waals surface area contributed by atoms with Crippen LogP contribution in [0, 0.1) is 18.8 Å². The van der Waals surface area contributed by atoms with Crippen molar-refractivity contribution in [2.75, 3.05) is 19.6 Å². The zero-order chi connectivity index (χ0) is 31.9. The van der Waals surface area contributed by atoms with Crippen molar-refractivity contribution >= 4 is 40.1 Å². The first-order chi connectivity index (χ1) is 21.5. The maximum atomic E-state index is 14.2. The van der Waals surface area contributed by atoms with Crippen molar-refractivity contribution in [1.29, 1.82) is 0 Å². The number of piperidine rings is 1. The van der Waals surface area contributed by atoms with Crippen LogP contribution in [0.5, 0.6) is 0 Å². The minimum absolute atomic E-state index is 0.0182. The van der Waals surface area contributed by atoms with Gasteiger partial charge >= 0.3 is 6.18 Å². The van der Waals surface area contributed by atoms with Crippen molar-refractivity contribution in [3.63, 3.8) is 0 Å². The minimum atomic E-state index is -4.52. The molecule has 10 nitrogen and oxygen atoms in total. The SMILES string of the molecule is Cc1ccc(C[C@@H]2C[C@@H](C(=O)NCc3ccc4c(c3)nnn4C)N(C(=O)[C@@H]3NCCC[C@@H]3C(=O)N3CCC[C@@H]3C(F)(F)F)C2)s1. The van der Waals surface area contributed by atoms with E-state index in [9.17, 15) is 27.6 Å². The van der Waals surface area contributed by atoms with Crippen LogP contribution in [0.15, 0.2) is 30.3 Å². The van der Waals surface area contributed by atoms with E-state index >= 15 is 0 Å². The number of rotatable bonds is 7. The maximum absolute atomic E-state index is 14.2. The van der Waals surface area contributed by atoms with Gasteiger partial charge in [0, 0.05) is 36.4 Å². The third-order valence-electron chi connectivity index (χ3n) is 9.36. The number of nitrogens with zero attached hydrogens (tertiary/aromatic N) is 5. The molecule has 3 saturated heterocycles. The first-order valence-corrected chi connectivity index (χ1v) is 16.3. The molecule has 45 heavy (non-hydrogen) atoms. The van der Waals surface area contributed by atoms with E-state index in [0.717, 1.165) is 16.0 Å². The van der Waals surface area contributed by atoms with Crippen LogP contribution in [-0.4, -0.2) is 86.5 Å². The molecule has 242 valence electrons. The molecule has 3 fully saturated rings. The Hall–Kier alpha value is -3.52. The van der Waals surface area contributed by atoms with Gasteiger partial charge in [0.1, 0.15) is 17.6 Å². The second-order valence-corrected chi connectivity index (χ2v) is 13.9. The van der Waals surface area contributed by atoms with Crippen LogP contribution in [0.2, 0.25) is 0 Å². The molecule has 5 heterocycles. The van der Waals surface area contributed by atoms with Crippen LogP contribution in [0.25, 0.3) is 11.0 Å². The molecule has 2 N–H and O–H groups in total. The van der Waals surface area contributed by atoms with Gasteiger partial charge in [0.25, 0.3) is 0 Å². The van der Waals surface area contributed by atoms with Crippen molar-refractivity contribution in [3.05, 3.63) is 45.6 Å². The summed E-state index contributed by atoms with van der Waals surface area (Å²) in [6, 6.07) is 6.16. The lowest BCUT2D eigenvalue weighted by Crippen LogP contribution is -2.60. The number of hydrogen-bond donors (Lipinski definition) is 2. The Labute approximate surface area is 263 Å². The van der Waals surface area contributed by atoms with E-state index in [0.29, 0.717) is 44.3 Å². The Bertz CT molecular complexity index is 1570. The molecule has 0 saturated carbocycles. The van der Waals surface area contributed by atoms with Crippen molar-refractivity contribution in [1.82, 2.24) is 35.4 Å². The van der Waals surface area contributed by atoms with Gasteiger partial charge in [-0.15, -0.1) is 16.4 Å². The van der Waals surface area contributed by atoms with Gasteiger partial charge < -0.3 is 20.4 Å². The topological polar surface area (TPSA) is 112 Å². The van der Waals surface area contributed by atoms with Crippen molar-refractivity contribution in [2.45, 2.75) is 76.3 Å². The van der Waals surface area contributed by atoms with E-state index in [-0.39, 0.29) is 37.8 Å². The first-order valence-electron chi connectivity index (χ1n) is 15.5. The summed E-state index contributed by atoms with van der Waals surface area (Å²) in [5.41, 5.74) is 2.41. The van der Waals surface area contributed by atoms with Gasteiger partial charge in [0.05, 0.1) is 17.5 Å². The number of aryl methyl sites for hydroxylation is 2. The van der Waals surface area contributed by atoms with E-state index in [1.54, 1.807) is 28.0 Å². The summed E-state index contributed by atoms with van der Waals surface area (Å²) in [4.78, 5) is 46.3. The molecule has 0 bridgehead atoms. The van der Waals surface area contributed by atoms with Gasteiger partial charge in [0.2, 0.25) is 17.7 Å². The van der Waals surface area contributed by atoms with Crippen LogP contribution in [0.4, 0.5) is 13.2 Å². The molecule has 0 aliphatic carbocycles. The van der Waals surface area contributed by atoms with Crippen LogP contribution in [-0.2, 0) is 34.4 Å². The molecule has 6 rings (SSSR count). The van der Waals surface area contributed by atoms with E-state index in [2.05, 4.69) is 27.0 Å². The number of nitrogens with one attached hydrogen (secondary N) is 2. The molecule has 0 unspecified atom stereocenters. The molecule has 3 amide bonds. The molecule has 3 aliphatic heterocycles. The second kappa shape index (κ2) is 12.7. The monoisotopic (exact) mass is 645 g/mol. The van der Waals surface area contributed by atoms with Gasteiger partial charge in [0.15, 0.2) is 0 Å². The predicted molar refractivity (Wildman–Crippen MR) is 162 cm³/mol. The number of halogens is 3. The summed E-state index contributed by atoms with van der Waals surface area (Å²) in [5, 5.41) is 14.3. The zero-order valence-electron chi connectivity index (χ0n) is 25.3. The zero-order valence-corrected chi connectivity index (χ0v) is 26.2. The summed E-state index contributed by atoms with van der Waals surface area (Å²) in [6.45, 7) is 3.08. The van der Waals surface area contributed by atoms with Crippen molar-refractivity contribution in [3.8, 4) is 0 Å². The lowest BCUT2D eigenvalue weighted by Gasteiger charge is -2.38. The predicted octanol–water partition coefficient (Wildman–Crippen LogP) is 3.34. The van der Waals surface area contributed by atoms with Crippen LogP contribution in [0.3, 0.4) is 0 Å². The highest BCUT2D eigenvalue weighted by Crippen LogP contribution is 2.36. The number of hydrogen-bond acceptors (Lipinski definition) is 7. The number of likely N-dealkylation sites (tertiary alicyclic amines) is 2. The number of amides is 3. The molecule has 0 radical (unpaired) electrons. The minimum Gasteiger partial charge on any atom is -0.350 e. The Morgan fingerprint density at radius 2 is 1.91 bits per heavy atom. The van der Waals surface area contributed by atoms with Crippen LogP contribution in [0.1, 0.15) is 47.4 Å². The van der Waals surface area contributed by atoms with Crippen molar-refractivity contribution in [2.24, 2.45) is 18.9 Å². The van der Waals surface area contributed by atoms with Crippen LogP contribution >= 0.6 is 11.3 Å². The Morgan fingerprint density at radius 3 is 2.67 bits per heavy atom. The molecule has 5 atom stereocenters. The molecule has 14 heteroatoms. The lowest BCUT2D eigenvalue weighted by atomic mass is 9.88. The van der Waals surface area contributed by atoms with E-state index in [1.807, 2.05) is 31.2 Å². The molecule has 1 aromatic carbocycles. The van der Waals surface area contributed by atoms with Crippen LogP contribution < -0.4 is 10.6 Å². The fraction of sp³-hybridized carbons (Fsp3) is 0.581. The Balaban J connectivity index is 1.20. The number of thiophene rings is 1. The van der Waals surface area contributed by atoms with E-state index in [4.69, 9.17) is 0 Å². The molecule has 3 aromatic rings. The van der Waals surface area contributed by atoms with Gasteiger partial charge in [-0.2, -0.15) is 13.2 Å². The molecule has 3 aliphatic rings. The lowest BCUT2D eigenvalue weighted by molar-refractivity contribution is -0.185. The third kappa shape index (κ3) is 6.57. The highest BCUT2D eigenvalue weighted by atomic mass is 32.1. The Morgan fingerprint density at radius 1 is 1.09 bits per heavy atom. The standard InChI is InChI=1S/C31H38F3N7O3S/c1-18-7-9-21(45-18)13-20-15-25(28(42)36-16-19-8-10-24-23(14-19)37-38-39(24)2)41(17-20)30(44)27-22(5-3-11-35-27)29(43)40-12-4-6-26(40)31(32,33)34/h7-10,14,20,22,25-27,35H,3-6,11-13,15-17H2,1-2H3,(H,36,42)/t20-,22+,25+,26-,27-/m1/s1. The molecular formula is C31H38F3N7O3S. The summed E-state index contributed by atoms with van der Waals surface area (Å²) in [7, 11) is 1.80.